The monoisotopic (exact) mass is 209 g/mol. The lowest BCUT2D eigenvalue weighted by molar-refractivity contribution is 0.456. The maximum absolute atomic E-state index is 6.13. The summed E-state index contributed by atoms with van der Waals surface area (Å²) in [5.41, 5.74) is 7.38. The minimum Gasteiger partial charge on any atom is -0.324 e. The molecular weight excluding hydrogens is 190 g/mol. The Balaban J connectivity index is 2.75. The molecule has 1 aromatic rings. The van der Waals surface area contributed by atoms with Crippen LogP contribution in [0.1, 0.15) is 31.9 Å². The summed E-state index contributed by atoms with van der Waals surface area (Å²) >= 11 is 1.76. The molecule has 0 bridgehead atoms. The zero-order valence-corrected chi connectivity index (χ0v) is 9.97. The number of nitrogens with two attached hydrogens (primary N) is 1. The number of thioether (sulfide) groups is 1. The topological polar surface area (TPSA) is 26.0 Å². The molecule has 2 atom stereocenters. The Labute approximate surface area is 91.1 Å². The molecule has 2 heteroatoms. The highest BCUT2D eigenvalue weighted by Crippen LogP contribution is 2.23. The largest absolute Gasteiger partial charge is 0.324 e. The highest BCUT2D eigenvalue weighted by Gasteiger charge is 2.12. The predicted octanol–water partition coefficient (Wildman–Crippen LogP) is 3.45. The Hall–Kier alpha value is -0.470. The molecule has 0 radical (unpaired) electrons. The van der Waals surface area contributed by atoms with Gasteiger partial charge in [0, 0.05) is 10.9 Å². The molecule has 78 valence electrons. The van der Waals surface area contributed by atoms with E-state index in [9.17, 15) is 0 Å². The quantitative estimate of drug-likeness (QED) is 0.769. The fourth-order valence-electron chi connectivity index (χ4n) is 1.41. The summed E-state index contributed by atoms with van der Waals surface area (Å²) < 4.78 is 0. The maximum Gasteiger partial charge on any atom is 0.0320 e. The average Bonchev–Trinajstić information content (AvgIpc) is 2.27. The highest BCUT2D eigenvalue weighted by molar-refractivity contribution is 7.98. The van der Waals surface area contributed by atoms with Crippen LogP contribution in [0.4, 0.5) is 0 Å². The molecular formula is C12H19NS. The second-order valence-corrected chi connectivity index (χ2v) is 4.56. The molecule has 1 aromatic carbocycles. The van der Waals surface area contributed by atoms with Gasteiger partial charge < -0.3 is 5.73 Å². The second-order valence-electron chi connectivity index (χ2n) is 3.68. The van der Waals surface area contributed by atoms with Crippen molar-refractivity contribution in [3.05, 3.63) is 29.8 Å². The van der Waals surface area contributed by atoms with Gasteiger partial charge in [-0.2, -0.15) is 0 Å². The van der Waals surface area contributed by atoms with Crippen LogP contribution in [0.25, 0.3) is 0 Å². The van der Waals surface area contributed by atoms with Crippen molar-refractivity contribution in [2.24, 2.45) is 11.7 Å². The summed E-state index contributed by atoms with van der Waals surface area (Å²) in [6, 6.07) is 8.74. The number of rotatable bonds is 4. The minimum atomic E-state index is 0.177. The van der Waals surface area contributed by atoms with Crippen LogP contribution in [0.5, 0.6) is 0 Å². The Morgan fingerprint density at radius 1 is 1.29 bits per heavy atom. The first-order valence-electron chi connectivity index (χ1n) is 5.08. The number of hydrogen-bond donors (Lipinski definition) is 1. The van der Waals surface area contributed by atoms with Crippen molar-refractivity contribution < 1.29 is 0 Å². The molecule has 14 heavy (non-hydrogen) atoms. The van der Waals surface area contributed by atoms with E-state index in [0.29, 0.717) is 5.92 Å². The summed E-state index contributed by atoms with van der Waals surface area (Å²) in [6.07, 6.45) is 3.22. The van der Waals surface area contributed by atoms with Gasteiger partial charge in [-0.1, -0.05) is 32.4 Å². The van der Waals surface area contributed by atoms with Crippen molar-refractivity contribution in [1.29, 1.82) is 0 Å². The van der Waals surface area contributed by atoms with Crippen LogP contribution < -0.4 is 5.73 Å². The molecule has 0 spiro atoms. The predicted molar refractivity (Wildman–Crippen MR) is 64.6 cm³/mol. The van der Waals surface area contributed by atoms with E-state index in [1.165, 1.54) is 10.5 Å². The summed E-state index contributed by atoms with van der Waals surface area (Å²) in [7, 11) is 0. The molecule has 2 N–H and O–H groups in total. The lowest BCUT2D eigenvalue weighted by atomic mass is 9.93. The van der Waals surface area contributed by atoms with Gasteiger partial charge in [0.05, 0.1) is 0 Å². The van der Waals surface area contributed by atoms with Crippen LogP contribution in [0.15, 0.2) is 29.2 Å². The van der Waals surface area contributed by atoms with Gasteiger partial charge in [-0.3, -0.25) is 0 Å². The summed E-state index contributed by atoms with van der Waals surface area (Å²) in [4.78, 5) is 1.30. The van der Waals surface area contributed by atoms with Gasteiger partial charge in [-0.15, -0.1) is 11.8 Å². The molecule has 0 aliphatic heterocycles. The minimum absolute atomic E-state index is 0.177. The van der Waals surface area contributed by atoms with Crippen molar-refractivity contribution in [1.82, 2.24) is 0 Å². The summed E-state index contributed by atoms with van der Waals surface area (Å²) in [5, 5.41) is 0. The standard InChI is InChI=1S/C12H19NS/c1-4-9(2)12(13)10-5-7-11(14-3)8-6-10/h5-9,12H,4,13H2,1-3H3. The molecule has 0 fully saturated rings. The highest BCUT2D eigenvalue weighted by atomic mass is 32.2. The van der Waals surface area contributed by atoms with E-state index >= 15 is 0 Å². The van der Waals surface area contributed by atoms with E-state index in [-0.39, 0.29) is 6.04 Å². The molecule has 0 aliphatic carbocycles. The number of benzene rings is 1. The Morgan fingerprint density at radius 2 is 1.86 bits per heavy atom. The van der Waals surface area contributed by atoms with Gasteiger partial charge in [-0.25, -0.2) is 0 Å². The first-order chi connectivity index (χ1) is 6.69. The van der Waals surface area contributed by atoms with Gasteiger partial charge in [0.25, 0.3) is 0 Å². The Bertz CT molecular complexity index is 268. The van der Waals surface area contributed by atoms with Crippen LogP contribution in [-0.2, 0) is 0 Å². The third-order valence-corrected chi connectivity index (χ3v) is 3.50. The third kappa shape index (κ3) is 2.76. The van der Waals surface area contributed by atoms with Gasteiger partial charge in [-0.05, 0) is 29.9 Å². The molecule has 0 aromatic heterocycles. The van der Waals surface area contributed by atoms with Crippen molar-refractivity contribution in [2.45, 2.75) is 31.2 Å². The fourth-order valence-corrected chi connectivity index (χ4v) is 1.82. The Morgan fingerprint density at radius 3 is 2.29 bits per heavy atom. The molecule has 0 amide bonds. The normalized spacial score (nSPS) is 15.1. The van der Waals surface area contributed by atoms with Crippen LogP contribution in [-0.4, -0.2) is 6.26 Å². The zero-order chi connectivity index (χ0) is 10.6. The van der Waals surface area contributed by atoms with Gasteiger partial charge in [0.15, 0.2) is 0 Å². The molecule has 0 saturated carbocycles. The first-order valence-corrected chi connectivity index (χ1v) is 6.31. The lowest BCUT2D eigenvalue weighted by Gasteiger charge is -2.18. The molecule has 0 aliphatic rings. The zero-order valence-electron chi connectivity index (χ0n) is 9.16. The van der Waals surface area contributed by atoms with E-state index < -0.39 is 0 Å². The van der Waals surface area contributed by atoms with E-state index in [0.717, 1.165) is 6.42 Å². The van der Waals surface area contributed by atoms with Crippen LogP contribution >= 0.6 is 11.8 Å². The van der Waals surface area contributed by atoms with Crippen molar-refractivity contribution >= 4 is 11.8 Å². The summed E-state index contributed by atoms with van der Waals surface area (Å²) in [5.74, 6) is 0.551. The van der Waals surface area contributed by atoms with E-state index in [4.69, 9.17) is 5.73 Å². The SMILES string of the molecule is CCC(C)C(N)c1ccc(SC)cc1. The van der Waals surface area contributed by atoms with Crippen molar-refractivity contribution in [3.63, 3.8) is 0 Å². The van der Waals surface area contributed by atoms with Crippen molar-refractivity contribution in [2.75, 3.05) is 6.26 Å². The molecule has 0 heterocycles. The molecule has 1 nitrogen and oxygen atoms in total. The van der Waals surface area contributed by atoms with Crippen LogP contribution in [0.2, 0.25) is 0 Å². The maximum atomic E-state index is 6.13. The smallest absolute Gasteiger partial charge is 0.0320 e. The fraction of sp³-hybridized carbons (Fsp3) is 0.500. The van der Waals surface area contributed by atoms with Gasteiger partial charge in [0.1, 0.15) is 0 Å². The molecule has 0 saturated heterocycles. The first kappa shape index (κ1) is 11.6. The third-order valence-electron chi connectivity index (χ3n) is 2.76. The van der Waals surface area contributed by atoms with E-state index in [1.54, 1.807) is 11.8 Å². The van der Waals surface area contributed by atoms with Crippen LogP contribution in [0.3, 0.4) is 0 Å². The summed E-state index contributed by atoms with van der Waals surface area (Å²) in [6.45, 7) is 4.38. The Kier molecular flexibility index (Phi) is 4.49. The molecule has 2 unspecified atom stereocenters. The van der Waals surface area contributed by atoms with Gasteiger partial charge in [0.2, 0.25) is 0 Å². The van der Waals surface area contributed by atoms with Crippen LogP contribution in [0, 0.1) is 5.92 Å². The van der Waals surface area contributed by atoms with E-state index in [2.05, 4.69) is 44.4 Å². The van der Waals surface area contributed by atoms with Gasteiger partial charge >= 0.3 is 0 Å². The molecule has 1 rings (SSSR count). The van der Waals surface area contributed by atoms with Crippen molar-refractivity contribution in [3.8, 4) is 0 Å². The van der Waals surface area contributed by atoms with E-state index in [1.807, 2.05) is 0 Å². The number of hydrogen-bond acceptors (Lipinski definition) is 2. The lowest BCUT2D eigenvalue weighted by Crippen LogP contribution is -2.18. The average molecular weight is 209 g/mol. The second kappa shape index (κ2) is 5.42.